The first-order valence-electron chi connectivity index (χ1n) is 7.60. The SMILES string of the molecule is CCSc1cc(C(F)(F)F)cnc1C1=Nc2cc(C(F)(F)F)cnc2C1(F)F. The van der Waals surface area contributed by atoms with Crippen LogP contribution in [-0.2, 0) is 18.3 Å². The molecule has 1 aliphatic heterocycles. The number of fused-ring (bicyclic) bond motifs is 1. The zero-order valence-corrected chi connectivity index (χ0v) is 14.6. The van der Waals surface area contributed by atoms with Crippen molar-refractivity contribution in [3.05, 3.63) is 47.0 Å². The van der Waals surface area contributed by atoms with Gasteiger partial charge in [-0.15, -0.1) is 11.8 Å². The van der Waals surface area contributed by atoms with E-state index in [1.165, 1.54) is 0 Å². The third-order valence-corrected chi connectivity index (χ3v) is 4.64. The molecule has 2 aromatic heterocycles. The molecule has 0 fully saturated rings. The Balaban J connectivity index is 2.15. The van der Waals surface area contributed by atoms with Crippen LogP contribution in [0.25, 0.3) is 0 Å². The van der Waals surface area contributed by atoms with E-state index in [0.717, 1.165) is 11.8 Å². The van der Waals surface area contributed by atoms with E-state index in [2.05, 4.69) is 15.0 Å². The lowest BCUT2D eigenvalue weighted by atomic mass is 10.1. The molecule has 0 radical (unpaired) electrons. The normalized spacial score (nSPS) is 16.1. The van der Waals surface area contributed by atoms with Crippen LogP contribution in [0.1, 0.15) is 29.4 Å². The molecule has 0 aliphatic carbocycles. The molecule has 0 spiro atoms. The van der Waals surface area contributed by atoms with Crippen molar-refractivity contribution in [3.8, 4) is 0 Å². The van der Waals surface area contributed by atoms with Gasteiger partial charge in [-0.3, -0.25) is 9.97 Å². The van der Waals surface area contributed by atoms with Crippen LogP contribution in [0.2, 0.25) is 0 Å². The highest BCUT2D eigenvalue weighted by molar-refractivity contribution is 7.99. The molecule has 0 saturated heterocycles. The molecule has 0 atom stereocenters. The van der Waals surface area contributed by atoms with Crippen LogP contribution < -0.4 is 0 Å². The van der Waals surface area contributed by atoms with E-state index < -0.39 is 52.2 Å². The van der Waals surface area contributed by atoms with Crippen LogP contribution in [0.4, 0.5) is 40.8 Å². The lowest BCUT2D eigenvalue weighted by Gasteiger charge is -2.16. The van der Waals surface area contributed by atoms with Crippen molar-refractivity contribution in [1.82, 2.24) is 9.97 Å². The Morgan fingerprint density at radius 1 is 0.929 bits per heavy atom. The van der Waals surface area contributed by atoms with Gasteiger partial charge in [0.15, 0.2) is 0 Å². The Morgan fingerprint density at radius 2 is 1.50 bits per heavy atom. The van der Waals surface area contributed by atoms with E-state index in [9.17, 15) is 35.1 Å². The fourth-order valence-corrected chi connectivity index (χ4v) is 3.29. The molecule has 150 valence electrons. The fourth-order valence-electron chi connectivity index (χ4n) is 2.48. The van der Waals surface area contributed by atoms with Gasteiger partial charge in [-0.25, -0.2) is 4.99 Å². The second-order valence-electron chi connectivity index (χ2n) is 5.63. The number of hydrogen-bond acceptors (Lipinski definition) is 4. The lowest BCUT2D eigenvalue weighted by molar-refractivity contribution is -0.138. The zero-order valence-electron chi connectivity index (χ0n) is 13.8. The van der Waals surface area contributed by atoms with Crippen molar-refractivity contribution in [2.24, 2.45) is 4.99 Å². The van der Waals surface area contributed by atoms with Crippen molar-refractivity contribution >= 4 is 23.2 Å². The number of halogens is 8. The highest BCUT2D eigenvalue weighted by Crippen LogP contribution is 2.46. The van der Waals surface area contributed by atoms with Gasteiger partial charge in [-0.2, -0.15) is 35.1 Å². The molecule has 28 heavy (non-hydrogen) atoms. The second-order valence-corrected chi connectivity index (χ2v) is 6.93. The predicted molar refractivity (Wildman–Crippen MR) is 85.0 cm³/mol. The molecule has 12 heteroatoms. The average Bonchev–Trinajstić information content (AvgIpc) is 2.84. The van der Waals surface area contributed by atoms with Gasteiger partial charge in [0.2, 0.25) is 0 Å². The van der Waals surface area contributed by atoms with Gasteiger partial charge in [0, 0.05) is 17.3 Å². The number of aliphatic imine (C=N–C) groups is 1. The zero-order chi connectivity index (χ0) is 20.9. The molecule has 0 saturated carbocycles. The summed E-state index contributed by atoms with van der Waals surface area (Å²) in [5.74, 6) is -3.66. The molecule has 0 bridgehead atoms. The Bertz CT molecular complexity index is 950. The highest BCUT2D eigenvalue weighted by Gasteiger charge is 2.49. The molecule has 0 unspecified atom stereocenters. The van der Waals surface area contributed by atoms with Crippen LogP contribution in [0.3, 0.4) is 0 Å². The third-order valence-electron chi connectivity index (χ3n) is 3.73. The molecular weight excluding hydrogens is 418 g/mol. The van der Waals surface area contributed by atoms with Gasteiger partial charge < -0.3 is 0 Å². The smallest absolute Gasteiger partial charge is 0.253 e. The van der Waals surface area contributed by atoms with Crippen molar-refractivity contribution in [2.45, 2.75) is 30.1 Å². The van der Waals surface area contributed by atoms with Crippen molar-refractivity contribution in [2.75, 3.05) is 5.75 Å². The van der Waals surface area contributed by atoms with Gasteiger partial charge in [0.25, 0.3) is 0 Å². The predicted octanol–water partition coefficient (Wildman–Crippen LogP) is 5.85. The number of rotatable bonds is 3. The summed E-state index contributed by atoms with van der Waals surface area (Å²) in [6, 6.07) is 1.08. The maximum atomic E-state index is 14.7. The van der Waals surface area contributed by atoms with E-state index in [1.54, 1.807) is 6.92 Å². The molecule has 3 rings (SSSR count). The van der Waals surface area contributed by atoms with Crippen molar-refractivity contribution in [3.63, 3.8) is 0 Å². The van der Waals surface area contributed by atoms with Gasteiger partial charge in [-0.05, 0) is 17.9 Å². The molecule has 3 nitrogen and oxygen atoms in total. The van der Waals surface area contributed by atoms with Gasteiger partial charge in [0.1, 0.15) is 17.1 Å². The largest absolute Gasteiger partial charge is 0.417 e. The van der Waals surface area contributed by atoms with E-state index in [0.29, 0.717) is 18.3 Å². The van der Waals surface area contributed by atoms with Crippen molar-refractivity contribution in [1.29, 1.82) is 0 Å². The van der Waals surface area contributed by atoms with Crippen LogP contribution in [0.15, 0.2) is 34.4 Å². The molecule has 0 aromatic carbocycles. The summed E-state index contributed by atoms with van der Waals surface area (Å²) in [5.41, 5.74) is -5.69. The minimum Gasteiger partial charge on any atom is -0.253 e. The topological polar surface area (TPSA) is 38.1 Å². The molecule has 0 amide bonds. The van der Waals surface area contributed by atoms with E-state index in [1.807, 2.05) is 0 Å². The average molecular weight is 427 g/mol. The summed E-state index contributed by atoms with van der Waals surface area (Å²) < 4.78 is 107. The van der Waals surface area contributed by atoms with Crippen LogP contribution >= 0.6 is 11.8 Å². The van der Waals surface area contributed by atoms with Gasteiger partial charge in [-0.1, -0.05) is 6.92 Å². The molecule has 3 heterocycles. The highest BCUT2D eigenvalue weighted by atomic mass is 32.2. The summed E-state index contributed by atoms with van der Waals surface area (Å²) in [6.45, 7) is 1.59. The minimum atomic E-state index is -4.81. The molecular formula is C16H9F8N3S. The Labute approximate surface area is 156 Å². The monoisotopic (exact) mass is 427 g/mol. The number of thioether (sulfide) groups is 1. The fraction of sp³-hybridized carbons (Fsp3) is 0.312. The summed E-state index contributed by atoms with van der Waals surface area (Å²) in [4.78, 5) is 10.0. The summed E-state index contributed by atoms with van der Waals surface area (Å²) in [6.07, 6.45) is -8.91. The quantitative estimate of drug-likeness (QED) is 0.456. The number of alkyl halides is 8. The first-order valence-corrected chi connectivity index (χ1v) is 8.59. The van der Waals surface area contributed by atoms with Crippen LogP contribution in [0, 0.1) is 0 Å². The minimum absolute atomic E-state index is 0.209. The summed E-state index contributed by atoms with van der Waals surface area (Å²) in [7, 11) is 0. The standard InChI is InChI=1S/C16H9F8N3S/c1-2-28-10-4-8(16(22,23)24)5-25-11(10)13-14(17,18)12-9(27-13)3-7(6-26-12)15(19,20)21/h3-6H,2H2,1H3. The van der Waals surface area contributed by atoms with Gasteiger partial charge >= 0.3 is 18.3 Å². The van der Waals surface area contributed by atoms with E-state index >= 15 is 0 Å². The molecule has 2 aromatic rings. The number of aromatic nitrogens is 2. The molecule has 1 aliphatic rings. The van der Waals surface area contributed by atoms with E-state index in [-0.39, 0.29) is 16.8 Å². The summed E-state index contributed by atoms with van der Waals surface area (Å²) in [5, 5.41) is 0. The number of nitrogens with zero attached hydrogens (tertiary/aromatic N) is 3. The lowest BCUT2D eigenvalue weighted by Crippen LogP contribution is -2.26. The van der Waals surface area contributed by atoms with Crippen LogP contribution in [0.5, 0.6) is 0 Å². The number of pyridine rings is 2. The van der Waals surface area contributed by atoms with Crippen LogP contribution in [-0.4, -0.2) is 21.4 Å². The molecule has 0 N–H and O–H groups in total. The Hall–Kier alpha value is -2.24. The first kappa shape index (κ1) is 20.5. The first-order chi connectivity index (χ1) is 12.9. The van der Waals surface area contributed by atoms with Crippen molar-refractivity contribution < 1.29 is 35.1 Å². The summed E-state index contributed by atoms with van der Waals surface area (Å²) >= 11 is 0.829. The Kier molecular flexibility index (Phi) is 4.89. The Morgan fingerprint density at radius 3 is 2.07 bits per heavy atom. The number of hydrogen-bond donors (Lipinski definition) is 0. The van der Waals surface area contributed by atoms with E-state index in [4.69, 9.17) is 0 Å². The third kappa shape index (κ3) is 3.56. The maximum Gasteiger partial charge on any atom is 0.417 e. The van der Waals surface area contributed by atoms with Gasteiger partial charge in [0.05, 0.1) is 16.8 Å². The second kappa shape index (κ2) is 6.68. The maximum absolute atomic E-state index is 14.7.